The van der Waals surface area contributed by atoms with Crippen molar-refractivity contribution in [2.24, 2.45) is 17.8 Å². The number of rotatable bonds is 11. The van der Waals surface area contributed by atoms with Crippen LogP contribution in [0.3, 0.4) is 0 Å². The van der Waals surface area contributed by atoms with E-state index in [2.05, 4.69) is 10.6 Å². The van der Waals surface area contributed by atoms with Gasteiger partial charge in [-0.1, -0.05) is 38.0 Å². The zero-order valence-electron chi connectivity index (χ0n) is 23.4. The lowest BCUT2D eigenvalue weighted by molar-refractivity contribution is -0.144. The van der Waals surface area contributed by atoms with Crippen LogP contribution >= 0.6 is 0 Å². The minimum absolute atomic E-state index is 0.0381. The van der Waals surface area contributed by atoms with Gasteiger partial charge in [0.1, 0.15) is 17.4 Å². The van der Waals surface area contributed by atoms with E-state index in [1.165, 1.54) is 0 Å². The van der Waals surface area contributed by atoms with Gasteiger partial charge in [0.15, 0.2) is 0 Å². The Morgan fingerprint density at radius 3 is 2.33 bits per heavy atom. The zero-order valence-corrected chi connectivity index (χ0v) is 23.4. The maximum Gasteiger partial charge on any atom is 0.250 e. The molecule has 214 valence electrons. The largest absolute Gasteiger partial charge is 0.497 e. The Kier molecular flexibility index (Phi) is 7.88. The monoisotopic (exact) mass is 549 g/mol. The highest BCUT2D eigenvalue weighted by Crippen LogP contribution is 2.65. The lowest BCUT2D eigenvalue weighted by Crippen LogP contribution is -2.54. The van der Waals surface area contributed by atoms with E-state index in [1.54, 1.807) is 36.3 Å². The van der Waals surface area contributed by atoms with Gasteiger partial charge in [-0.2, -0.15) is 0 Å². The second-order valence-corrected chi connectivity index (χ2v) is 11.4. The van der Waals surface area contributed by atoms with Crippen LogP contribution in [0.1, 0.15) is 46.0 Å². The Hall–Kier alpha value is -3.43. The molecule has 2 aromatic rings. The van der Waals surface area contributed by atoms with E-state index in [4.69, 9.17) is 14.6 Å². The first-order chi connectivity index (χ1) is 19.2. The van der Waals surface area contributed by atoms with Gasteiger partial charge in [0.2, 0.25) is 17.7 Å². The van der Waals surface area contributed by atoms with Crippen molar-refractivity contribution in [3.8, 4) is 5.75 Å². The quantitative estimate of drug-likeness (QED) is 0.367. The van der Waals surface area contributed by atoms with E-state index in [1.807, 2.05) is 44.2 Å². The molecule has 2 bridgehead atoms. The van der Waals surface area contributed by atoms with Crippen molar-refractivity contribution in [3.05, 3.63) is 54.6 Å². The highest BCUT2D eigenvalue weighted by molar-refractivity contribution is 6.05. The van der Waals surface area contributed by atoms with Gasteiger partial charge < -0.3 is 30.1 Å². The van der Waals surface area contributed by atoms with Gasteiger partial charge >= 0.3 is 0 Å². The molecule has 0 aliphatic carbocycles. The summed E-state index contributed by atoms with van der Waals surface area (Å²) in [5.74, 6) is -1.66. The van der Waals surface area contributed by atoms with Crippen LogP contribution in [0.25, 0.3) is 0 Å². The average Bonchev–Trinajstić information content (AvgIpc) is 3.46. The van der Waals surface area contributed by atoms with Crippen LogP contribution in [-0.4, -0.2) is 65.2 Å². The number of carbonyl (C=O) groups is 3. The molecule has 9 nitrogen and oxygen atoms in total. The summed E-state index contributed by atoms with van der Waals surface area (Å²) in [6.07, 6.45) is 3.55. The number of benzene rings is 2. The van der Waals surface area contributed by atoms with Crippen molar-refractivity contribution in [2.75, 3.05) is 30.9 Å². The minimum Gasteiger partial charge on any atom is -0.497 e. The van der Waals surface area contributed by atoms with Gasteiger partial charge in [-0.3, -0.25) is 14.4 Å². The Morgan fingerprint density at radius 1 is 1.00 bits per heavy atom. The lowest BCUT2D eigenvalue weighted by Gasteiger charge is -2.36. The van der Waals surface area contributed by atoms with E-state index in [0.717, 1.165) is 12.8 Å². The maximum absolute atomic E-state index is 14.2. The molecule has 3 saturated heterocycles. The summed E-state index contributed by atoms with van der Waals surface area (Å²) in [6, 6.07) is 15.4. The van der Waals surface area contributed by atoms with E-state index in [9.17, 15) is 14.4 Å². The lowest BCUT2D eigenvalue weighted by atomic mass is 9.62. The second kappa shape index (κ2) is 11.2. The van der Waals surface area contributed by atoms with Crippen LogP contribution in [-0.2, 0) is 19.1 Å². The van der Waals surface area contributed by atoms with Crippen LogP contribution < -0.4 is 15.4 Å². The number of aliphatic hydroxyl groups excluding tert-OH is 1. The Morgan fingerprint density at radius 2 is 1.65 bits per heavy atom. The molecule has 3 amide bonds. The summed E-state index contributed by atoms with van der Waals surface area (Å²) in [5, 5.41) is 15.1. The molecule has 5 rings (SSSR count). The molecule has 3 fully saturated rings. The van der Waals surface area contributed by atoms with Crippen molar-refractivity contribution in [3.63, 3.8) is 0 Å². The minimum atomic E-state index is -1.11. The first kappa shape index (κ1) is 28.1. The van der Waals surface area contributed by atoms with E-state index >= 15 is 0 Å². The van der Waals surface area contributed by atoms with Gasteiger partial charge in [-0.05, 0) is 68.5 Å². The summed E-state index contributed by atoms with van der Waals surface area (Å²) in [7, 11) is 1.58. The number of para-hydroxylation sites is 1. The number of likely N-dealkylation sites (tertiary alicyclic amines) is 1. The topological polar surface area (TPSA) is 117 Å². The van der Waals surface area contributed by atoms with E-state index < -0.39 is 29.1 Å². The number of nitrogens with one attached hydrogen (secondary N) is 2. The molecule has 40 heavy (non-hydrogen) atoms. The van der Waals surface area contributed by atoms with Crippen molar-refractivity contribution in [1.82, 2.24) is 4.90 Å². The van der Waals surface area contributed by atoms with Crippen molar-refractivity contribution >= 4 is 29.1 Å². The maximum atomic E-state index is 14.2. The summed E-state index contributed by atoms with van der Waals surface area (Å²) in [5.41, 5.74) is -0.747. The standard InChI is InChI=1S/C31H39N3O6/c1-20-19-31-25(24(30(20,2)40-31)27(36)32-21-11-7-6-8-12-21)29(38)34(17-9-4-5-10-18-35)26(31)28(37)33-22-13-15-23(39-3)16-14-22/h6-8,11-16,20,24-26,35H,4-5,9-10,17-19H2,1-3H3,(H,32,36)(H,33,37)/t20?,24-,25+,26?,30+,31?/m1/s1. The second-order valence-electron chi connectivity index (χ2n) is 11.4. The molecule has 0 saturated carbocycles. The van der Waals surface area contributed by atoms with Crippen molar-refractivity contribution in [2.45, 2.75) is 63.2 Å². The number of carbonyl (C=O) groups excluding carboxylic acids is 3. The molecule has 6 atom stereocenters. The molecule has 0 radical (unpaired) electrons. The van der Waals surface area contributed by atoms with Crippen molar-refractivity contribution < 1.29 is 29.0 Å². The average molecular weight is 550 g/mol. The molecular formula is C31H39N3O6. The molecule has 0 aromatic heterocycles. The van der Waals surface area contributed by atoms with Gasteiger partial charge in [-0.15, -0.1) is 0 Å². The Labute approximate surface area is 235 Å². The third kappa shape index (κ3) is 4.75. The molecule has 9 heteroatoms. The molecule has 3 aliphatic heterocycles. The van der Waals surface area contributed by atoms with Crippen molar-refractivity contribution in [1.29, 1.82) is 0 Å². The van der Waals surface area contributed by atoms with Gasteiger partial charge in [0, 0.05) is 24.5 Å². The van der Waals surface area contributed by atoms with Crippen LogP contribution in [0, 0.1) is 17.8 Å². The number of anilines is 2. The SMILES string of the molecule is COc1ccc(NC(=O)C2N(CCCCCCO)C(=O)[C@@H]3[C@H](C(=O)Nc4ccccc4)[C@@]4(C)OC23CC4C)cc1. The number of methoxy groups -OCH3 is 1. The first-order valence-corrected chi connectivity index (χ1v) is 14.2. The summed E-state index contributed by atoms with van der Waals surface area (Å²) >= 11 is 0. The number of unbranched alkanes of at least 4 members (excludes halogenated alkanes) is 3. The van der Waals surface area contributed by atoms with E-state index in [0.29, 0.717) is 42.9 Å². The van der Waals surface area contributed by atoms with Crippen LogP contribution in [0.4, 0.5) is 11.4 Å². The molecular weight excluding hydrogens is 510 g/mol. The molecule has 2 aromatic carbocycles. The Bertz CT molecular complexity index is 1240. The third-order valence-electron chi connectivity index (χ3n) is 9.05. The number of hydrogen-bond donors (Lipinski definition) is 3. The van der Waals surface area contributed by atoms with Gasteiger partial charge in [-0.25, -0.2) is 0 Å². The fraction of sp³-hybridized carbons (Fsp3) is 0.516. The fourth-order valence-corrected chi connectivity index (χ4v) is 7.05. The van der Waals surface area contributed by atoms with Crippen LogP contribution in [0.2, 0.25) is 0 Å². The predicted molar refractivity (Wildman–Crippen MR) is 151 cm³/mol. The third-order valence-corrected chi connectivity index (χ3v) is 9.05. The predicted octanol–water partition coefficient (Wildman–Crippen LogP) is 3.84. The molecule has 3 unspecified atom stereocenters. The van der Waals surface area contributed by atoms with Gasteiger partial charge in [0.05, 0.1) is 24.5 Å². The number of amides is 3. The highest BCUT2D eigenvalue weighted by atomic mass is 16.5. The highest BCUT2D eigenvalue weighted by Gasteiger charge is 2.79. The van der Waals surface area contributed by atoms with Crippen LogP contribution in [0.5, 0.6) is 5.75 Å². The van der Waals surface area contributed by atoms with E-state index in [-0.39, 0.29) is 30.2 Å². The normalized spacial score (nSPS) is 30.3. The number of aliphatic hydroxyl groups is 1. The summed E-state index contributed by atoms with van der Waals surface area (Å²) < 4.78 is 12.0. The molecule has 3 aliphatic rings. The van der Waals surface area contributed by atoms with Gasteiger partial charge in [0.25, 0.3) is 0 Å². The fourth-order valence-electron chi connectivity index (χ4n) is 7.05. The Balaban J connectivity index is 1.47. The number of fused-ring (bicyclic) bond motifs is 1. The zero-order chi connectivity index (χ0) is 28.5. The first-order valence-electron chi connectivity index (χ1n) is 14.2. The summed E-state index contributed by atoms with van der Waals surface area (Å²) in [6.45, 7) is 4.45. The number of ether oxygens (including phenoxy) is 2. The molecule has 3 heterocycles. The molecule has 1 spiro atoms. The summed E-state index contributed by atoms with van der Waals surface area (Å²) in [4.78, 5) is 43.7. The van der Waals surface area contributed by atoms with Crippen LogP contribution in [0.15, 0.2) is 54.6 Å². The number of hydrogen-bond acceptors (Lipinski definition) is 6. The molecule has 3 N–H and O–H groups in total. The number of nitrogens with zero attached hydrogens (tertiary/aromatic N) is 1. The smallest absolute Gasteiger partial charge is 0.250 e.